The summed E-state index contributed by atoms with van der Waals surface area (Å²) < 4.78 is 0. The molecule has 1 aliphatic carbocycles. The first kappa shape index (κ1) is 12.4. The lowest BCUT2D eigenvalue weighted by atomic mass is 9.85. The zero-order chi connectivity index (χ0) is 11.2. The lowest BCUT2D eigenvalue weighted by Gasteiger charge is -2.31. The van der Waals surface area contributed by atoms with Crippen molar-refractivity contribution in [3.05, 3.63) is 0 Å². The van der Waals surface area contributed by atoms with Crippen molar-refractivity contribution in [3.8, 4) is 0 Å². The summed E-state index contributed by atoms with van der Waals surface area (Å²) in [5.41, 5.74) is 0. The molecule has 0 aromatic heterocycles. The van der Waals surface area contributed by atoms with Crippen LogP contribution in [0.3, 0.4) is 0 Å². The molecule has 0 amide bonds. The summed E-state index contributed by atoms with van der Waals surface area (Å²) >= 11 is 0. The van der Waals surface area contributed by atoms with E-state index in [0.717, 1.165) is 12.0 Å². The Morgan fingerprint density at radius 3 is 2.88 bits per heavy atom. The van der Waals surface area contributed by atoms with Gasteiger partial charge in [0.2, 0.25) is 0 Å². The first-order chi connectivity index (χ1) is 7.92. The molecule has 2 rings (SSSR count). The first-order valence-electron chi connectivity index (χ1n) is 7.36. The summed E-state index contributed by atoms with van der Waals surface area (Å²) in [4.78, 5) is 2.78. The lowest BCUT2D eigenvalue weighted by Crippen LogP contribution is -2.36. The number of nitrogens with one attached hydrogen (secondary N) is 1. The van der Waals surface area contributed by atoms with Crippen LogP contribution in [0.2, 0.25) is 0 Å². The zero-order valence-electron chi connectivity index (χ0n) is 10.9. The third-order valence-electron chi connectivity index (χ3n) is 4.35. The van der Waals surface area contributed by atoms with Crippen LogP contribution in [0.5, 0.6) is 0 Å². The van der Waals surface area contributed by atoms with Gasteiger partial charge in [0.25, 0.3) is 0 Å². The van der Waals surface area contributed by atoms with Gasteiger partial charge < -0.3 is 10.2 Å². The molecular formula is C14H28N2. The highest BCUT2D eigenvalue weighted by atomic mass is 15.2. The highest BCUT2D eigenvalue weighted by Gasteiger charge is 2.34. The van der Waals surface area contributed by atoms with E-state index >= 15 is 0 Å². The number of hydrogen-bond acceptors (Lipinski definition) is 2. The predicted octanol–water partition coefficient (Wildman–Crippen LogP) is 2.64. The molecule has 0 aromatic carbocycles. The van der Waals surface area contributed by atoms with E-state index in [1.807, 2.05) is 0 Å². The van der Waals surface area contributed by atoms with Crippen LogP contribution >= 0.6 is 0 Å². The van der Waals surface area contributed by atoms with E-state index < -0.39 is 0 Å². The normalized spacial score (nSPS) is 30.6. The Morgan fingerprint density at radius 2 is 2.00 bits per heavy atom. The van der Waals surface area contributed by atoms with Crippen molar-refractivity contribution >= 4 is 0 Å². The molecule has 0 aromatic rings. The first-order valence-corrected chi connectivity index (χ1v) is 7.36. The Bertz CT molecular complexity index is 193. The van der Waals surface area contributed by atoms with Gasteiger partial charge in [0.1, 0.15) is 0 Å². The number of nitrogens with zero attached hydrogens (tertiary/aromatic N) is 1. The fourth-order valence-corrected chi connectivity index (χ4v) is 3.49. The van der Waals surface area contributed by atoms with Gasteiger partial charge in [-0.3, -0.25) is 0 Å². The van der Waals surface area contributed by atoms with Gasteiger partial charge in [-0.2, -0.15) is 0 Å². The van der Waals surface area contributed by atoms with Crippen molar-refractivity contribution in [1.82, 2.24) is 10.2 Å². The van der Waals surface area contributed by atoms with Gasteiger partial charge in [0.15, 0.2) is 0 Å². The summed E-state index contributed by atoms with van der Waals surface area (Å²) in [7, 11) is 0. The minimum Gasteiger partial charge on any atom is -0.317 e. The van der Waals surface area contributed by atoms with Crippen LogP contribution in [0.25, 0.3) is 0 Å². The van der Waals surface area contributed by atoms with Crippen LogP contribution in [-0.4, -0.2) is 37.1 Å². The van der Waals surface area contributed by atoms with E-state index in [9.17, 15) is 0 Å². The third-order valence-corrected chi connectivity index (χ3v) is 4.35. The molecule has 1 aliphatic heterocycles. The van der Waals surface area contributed by atoms with Crippen LogP contribution in [0.1, 0.15) is 51.9 Å². The fraction of sp³-hybridized carbons (Fsp3) is 1.00. The zero-order valence-corrected chi connectivity index (χ0v) is 10.9. The Morgan fingerprint density at radius 1 is 1.12 bits per heavy atom. The van der Waals surface area contributed by atoms with E-state index in [1.165, 1.54) is 71.1 Å². The Labute approximate surface area is 101 Å². The third kappa shape index (κ3) is 3.21. The minimum absolute atomic E-state index is 0.958. The van der Waals surface area contributed by atoms with Crippen LogP contribution in [0.4, 0.5) is 0 Å². The van der Waals surface area contributed by atoms with Crippen LogP contribution in [-0.2, 0) is 0 Å². The van der Waals surface area contributed by atoms with Crippen molar-refractivity contribution in [2.24, 2.45) is 5.92 Å². The molecule has 2 atom stereocenters. The Balaban J connectivity index is 1.62. The second kappa shape index (κ2) is 6.61. The van der Waals surface area contributed by atoms with Crippen molar-refractivity contribution in [3.63, 3.8) is 0 Å². The SMILES string of the molecule is CCCNCCCN1CCC2CCCCC21. The highest BCUT2D eigenvalue weighted by Crippen LogP contribution is 2.35. The maximum atomic E-state index is 3.50. The van der Waals surface area contributed by atoms with E-state index in [1.54, 1.807) is 0 Å². The molecule has 0 bridgehead atoms. The highest BCUT2D eigenvalue weighted by molar-refractivity contribution is 4.89. The van der Waals surface area contributed by atoms with Gasteiger partial charge in [-0.25, -0.2) is 0 Å². The largest absolute Gasteiger partial charge is 0.317 e. The van der Waals surface area contributed by atoms with Gasteiger partial charge in [-0.1, -0.05) is 19.8 Å². The molecule has 0 spiro atoms. The molecule has 1 saturated carbocycles. The molecule has 94 valence electrons. The molecule has 2 heteroatoms. The molecule has 16 heavy (non-hydrogen) atoms. The fourth-order valence-electron chi connectivity index (χ4n) is 3.49. The second-order valence-corrected chi connectivity index (χ2v) is 5.54. The summed E-state index contributed by atoms with van der Waals surface area (Å²) in [6.45, 7) is 7.34. The quantitative estimate of drug-likeness (QED) is 0.698. The maximum Gasteiger partial charge on any atom is 0.0124 e. The number of rotatable bonds is 6. The van der Waals surface area contributed by atoms with Crippen molar-refractivity contribution < 1.29 is 0 Å². The molecule has 2 unspecified atom stereocenters. The summed E-state index contributed by atoms with van der Waals surface area (Å²) in [6, 6.07) is 0.958. The van der Waals surface area contributed by atoms with Crippen LogP contribution in [0.15, 0.2) is 0 Å². The molecule has 2 nitrogen and oxygen atoms in total. The van der Waals surface area contributed by atoms with E-state index in [4.69, 9.17) is 0 Å². The Kier molecular flexibility index (Phi) is 5.11. The van der Waals surface area contributed by atoms with Gasteiger partial charge in [0.05, 0.1) is 0 Å². The predicted molar refractivity (Wildman–Crippen MR) is 69.7 cm³/mol. The molecule has 1 N–H and O–H groups in total. The molecule has 1 saturated heterocycles. The number of likely N-dealkylation sites (tertiary alicyclic amines) is 1. The van der Waals surface area contributed by atoms with Crippen molar-refractivity contribution in [2.45, 2.75) is 57.9 Å². The van der Waals surface area contributed by atoms with Crippen LogP contribution in [0, 0.1) is 5.92 Å². The van der Waals surface area contributed by atoms with E-state index in [0.29, 0.717) is 0 Å². The summed E-state index contributed by atoms with van der Waals surface area (Å²) in [5, 5.41) is 3.50. The standard InChI is InChI=1S/C14H28N2/c1-2-9-15-10-5-11-16-12-8-13-6-3-4-7-14(13)16/h13-15H,2-12H2,1H3. The van der Waals surface area contributed by atoms with Gasteiger partial charge in [0, 0.05) is 6.04 Å². The smallest absolute Gasteiger partial charge is 0.0124 e. The topological polar surface area (TPSA) is 15.3 Å². The molecular weight excluding hydrogens is 196 g/mol. The lowest BCUT2D eigenvalue weighted by molar-refractivity contribution is 0.181. The molecule has 1 heterocycles. The number of fused-ring (bicyclic) bond motifs is 1. The number of hydrogen-bond donors (Lipinski definition) is 1. The van der Waals surface area contributed by atoms with E-state index in [2.05, 4.69) is 17.1 Å². The minimum atomic E-state index is 0.958. The van der Waals surface area contributed by atoms with Crippen LogP contribution < -0.4 is 5.32 Å². The van der Waals surface area contributed by atoms with Crippen molar-refractivity contribution in [2.75, 3.05) is 26.2 Å². The van der Waals surface area contributed by atoms with Gasteiger partial charge >= 0.3 is 0 Å². The molecule has 2 fully saturated rings. The average molecular weight is 224 g/mol. The average Bonchev–Trinajstić information content (AvgIpc) is 2.73. The summed E-state index contributed by atoms with van der Waals surface area (Å²) in [5.74, 6) is 1.05. The molecule has 2 aliphatic rings. The monoisotopic (exact) mass is 224 g/mol. The van der Waals surface area contributed by atoms with Gasteiger partial charge in [-0.05, 0) is 64.2 Å². The van der Waals surface area contributed by atoms with E-state index in [-0.39, 0.29) is 0 Å². The molecule has 0 radical (unpaired) electrons. The van der Waals surface area contributed by atoms with Gasteiger partial charge in [-0.15, -0.1) is 0 Å². The summed E-state index contributed by atoms with van der Waals surface area (Å²) in [6.07, 6.45) is 10.0. The second-order valence-electron chi connectivity index (χ2n) is 5.54. The maximum absolute atomic E-state index is 3.50. The Hall–Kier alpha value is -0.0800. The van der Waals surface area contributed by atoms with Crippen molar-refractivity contribution in [1.29, 1.82) is 0 Å².